The highest BCUT2D eigenvalue weighted by Crippen LogP contribution is 2.23. The monoisotopic (exact) mass is 246 g/mol. The van der Waals surface area contributed by atoms with E-state index in [0.717, 1.165) is 23.4 Å². The molecule has 0 aliphatic rings. The zero-order chi connectivity index (χ0) is 13.3. The second kappa shape index (κ2) is 4.73. The van der Waals surface area contributed by atoms with E-state index in [1.165, 1.54) is 5.56 Å². The Morgan fingerprint density at radius 1 is 1.33 bits per heavy atom. The average Bonchev–Trinajstić information content (AvgIpc) is 2.55. The lowest BCUT2D eigenvalue weighted by molar-refractivity contribution is 0.329. The highest BCUT2D eigenvalue weighted by atomic mass is 16.3. The van der Waals surface area contributed by atoms with Gasteiger partial charge in [-0.2, -0.15) is 0 Å². The third-order valence-corrected chi connectivity index (χ3v) is 2.90. The summed E-state index contributed by atoms with van der Waals surface area (Å²) >= 11 is 0. The fourth-order valence-corrected chi connectivity index (χ4v) is 2.26. The van der Waals surface area contributed by atoms with Crippen LogP contribution in [0.5, 0.6) is 0 Å². The van der Waals surface area contributed by atoms with Gasteiger partial charge in [-0.15, -0.1) is 0 Å². The summed E-state index contributed by atoms with van der Waals surface area (Å²) in [4.78, 5) is 4.50. The van der Waals surface area contributed by atoms with Crippen LogP contribution < -0.4 is 5.73 Å². The predicted molar refractivity (Wildman–Crippen MR) is 74.5 cm³/mol. The Balaban J connectivity index is 2.12. The molecule has 0 radical (unpaired) electrons. The number of aromatic nitrogens is 1. The van der Waals surface area contributed by atoms with Crippen molar-refractivity contribution in [2.75, 3.05) is 0 Å². The van der Waals surface area contributed by atoms with Gasteiger partial charge in [-0.3, -0.25) is 0 Å². The molecule has 0 saturated carbocycles. The Hall–Kier alpha value is -1.35. The Kier molecular flexibility index (Phi) is 3.44. The third-order valence-electron chi connectivity index (χ3n) is 2.90. The van der Waals surface area contributed by atoms with Gasteiger partial charge in [0.1, 0.15) is 5.52 Å². The molecule has 0 amide bonds. The lowest BCUT2D eigenvalue weighted by Crippen LogP contribution is -2.28. The summed E-state index contributed by atoms with van der Waals surface area (Å²) in [7, 11) is 0. The van der Waals surface area contributed by atoms with Crippen LogP contribution in [-0.4, -0.2) is 11.0 Å². The van der Waals surface area contributed by atoms with Gasteiger partial charge in [0, 0.05) is 12.5 Å². The fourth-order valence-electron chi connectivity index (χ4n) is 2.26. The number of hydrogen-bond donors (Lipinski definition) is 1. The van der Waals surface area contributed by atoms with E-state index in [0.29, 0.717) is 6.42 Å². The van der Waals surface area contributed by atoms with Crippen molar-refractivity contribution in [3.8, 4) is 0 Å². The van der Waals surface area contributed by atoms with Crippen LogP contribution in [0.4, 0.5) is 0 Å². The molecule has 2 rings (SSSR count). The van der Waals surface area contributed by atoms with Crippen LogP contribution in [-0.2, 0) is 6.42 Å². The van der Waals surface area contributed by atoms with Crippen molar-refractivity contribution in [3.63, 3.8) is 0 Å². The van der Waals surface area contributed by atoms with Crippen LogP contribution in [0.3, 0.4) is 0 Å². The van der Waals surface area contributed by atoms with Crippen LogP contribution in [0.25, 0.3) is 11.1 Å². The molecule has 1 unspecified atom stereocenters. The quantitative estimate of drug-likeness (QED) is 0.902. The van der Waals surface area contributed by atoms with Crippen LogP contribution in [0.2, 0.25) is 0 Å². The number of nitrogens with two attached hydrogens (primary N) is 1. The average molecular weight is 246 g/mol. The molecule has 0 saturated heterocycles. The molecule has 1 aromatic heterocycles. The number of fused-ring (bicyclic) bond motifs is 1. The molecular weight excluding hydrogens is 224 g/mol. The topological polar surface area (TPSA) is 52.0 Å². The number of hydrogen-bond acceptors (Lipinski definition) is 3. The molecule has 3 heteroatoms. The van der Waals surface area contributed by atoms with Gasteiger partial charge in [-0.05, 0) is 36.5 Å². The second-order valence-electron chi connectivity index (χ2n) is 6.31. The number of aryl methyl sites for hydroxylation is 1. The first kappa shape index (κ1) is 13.1. The normalized spacial score (nSPS) is 14.1. The summed E-state index contributed by atoms with van der Waals surface area (Å²) in [5, 5.41) is 0. The molecule has 2 N–H and O–H groups in total. The standard InChI is InChI=1S/C15H22N2O/c1-10-5-6-13-12(7-10)17-14(18-13)8-11(16)9-15(2,3)4/h5-7,11H,8-9,16H2,1-4H3. The minimum atomic E-state index is 0.0964. The number of rotatable bonds is 3. The molecule has 1 aromatic carbocycles. The van der Waals surface area contributed by atoms with Gasteiger partial charge >= 0.3 is 0 Å². The molecule has 0 spiro atoms. The minimum Gasteiger partial charge on any atom is -0.441 e. The maximum atomic E-state index is 6.14. The van der Waals surface area contributed by atoms with Gasteiger partial charge in [0.2, 0.25) is 0 Å². The largest absolute Gasteiger partial charge is 0.441 e. The Bertz CT molecular complexity index is 537. The maximum absolute atomic E-state index is 6.14. The van der Waals surface area contributed by atoms with Crippen LogP contribution in [0.1, 0.15) is 38.6 Å². The van der Waals surface area contributed by atoms with Crippen molar-refractivity contribution in [3.05, 3.63) is 29.7 Å². The van der Waals surface area contributed by atoms with Crippen molar-refractivity contribution in [2.24, 2.45) is 11.1 Å². The minimum absolute atomic E-state index is 0.0964. The molecule has 98 valence electrons. The molecule has 2 aromatic rings. The number of benzene rings is 1. The van der Waals surface area contributed by atoms with E-state index in [9.17, 15) is 0 Å². The summed E-state index contributed by atoms with van der Waals surface area (Å²) in [5.41, 5.74) is 9.35. The van der Waals surface area contributed by atoms with E-state index in [-0.39, 0.29) is 11.5 Å². The van der Waals surface area contributed by atoms with Crippen molar-refractivity contribution < 1.29 is 4.42 Å². The first-order valence-electron chi connectivity index (χ1n) is 6.45. The molecule has 0 aliphatic carbocycles. The molecular formula is C15H22N2O. The van der Waals surface area contributed by atoms with E-state index in [1.807, 2.05) is 18.2 Å². The zero-order valence-corrected chi connectivity index (χ0v) is 11.7. The molecule has 0 aliphatic heterocycles. The second-order valence-corrected chi connectivity index (χ2v) is 6.31. The van der Waals surface area contributed by atoms with Crippen LogP contribution >= 0.6 is 0 Å². The Labute approximate surface area is 108 Å². The molecule has 1 atom stereocenters. The van der Waals surface area contributed by atoms with Gasteiger partial charge in [0.25, 0.3) is 0 Å². The molecule has 0 bridgehead atoms. The smallest absolute Gasteiger partial charge is 0.197 e. The Morgan fingerprint density at radius 2 is 2.06 bits per heavy atom. The first-order valence-corrected chi connectivity index (χ1v) is 6.45. The van der Waals surface area contributed by atoms with Gasteiger partial charge in [0.05, 0.1) is 0 Å². The van der Waals surface area contributed by atoms with Crippen molar-refractivity contribution in [2.45, 2.75) is 46.6 Å². The van der Waals surface area contributed by atoms with E-state index in [4.69, 9.17) is 10.2 Å². The lowest BCUT2D eigenvalue weighted by Gasteiger charge is -2.22. The summed E-state index contributed by atoms with van der Waals surface area (Å²) in [6.07, 6.45) is 1.66. The Morgan fingerprint density at radius 3 is 2.72 bits per heavy atom. The zero-order valence-electron chi connectivity index (χ0n) is 11.7. The van der Waals surface area contributed by atoms with E-state index in [2.05, 4.69) is 32.7 Å². The summed E-state index contributed by atoms with van der Waals surface area (Å²) in [5.74, 6) is 0.743. The molecule has 18 heavy (non-hydrogen) atoms. The summed E-state index contributed by atoms with van der Waals surface area (Å²) < 4.78 is 5.72. The third kappa shape index (κ3) is 3.33. The van der Waals surface area contributed by atoms with Crippen molar-refractivity contribution in [1.82, 2.24) is 4.98 Å². The predicted octanol–water partition coefficient (Wildman–Crippen LogP) is 3.44. The highest BCUT2D eigenvalue weighted by Gasteiger charge is 2.18. The van der Waals surface area contributed by atoms with Crippen molar-refractivity contribution >= 4 is 11.1 Å². The van der Waals surface area contributed by atoms with E-state index in [1.54, 1.807) is 0 Å². The van der Waals surface area contributed by atoms with Crippen LogP contribution in [0.15, 0.2) is 22.6 Å². The van der Waals surface area contributed by atoms with E-state index < -0.39 is 0 Å². The summed E-state index contributed by atoms with van der Waals surface area (Å²) in [6.45, 7) is 8.64. The molecule has 1 heterocycles. The number of oxazole rings is 1. The highest BCUT2D eigenvalue weighted by molar-refractivity contribution is 5.73. The first-order chi connectivity index (χ1) is 8.33. The van der Waals surface area contributed by atoms with Gasteiger partial charge < -0.3 is 10.2 Å². The SMILES string of the molecule is Cc1ccc2oc(CC(N)CC(C)(C)C)nc2c1. The number of nitrogens with zero attached hydrogens (tertiary/aromatic N) is 1. The van der Waals surface area contributed by atoms with Gasteiger partial charge in [-0.25, -0.2) is 4.98 Å². The lowest BCUT2D eigenvalue weighted by atomic mass is 9.87. The fraction of sp³-hybridized carbons (Fsp3) is 0.533. The van der Waals surface area contributed by atoms with Gasteiger partial charge in [0.15, 0.2) is 11.5 Å². The summed E-state index contributed by atoms with van der Waals surface area (Å²) in [6, 6.07) is 6.14. The van der Waals surface area contributed by atoms with Gasteiger partial charge in [-0.1, -0.05) is 26.8 Å². The van der Waals surface area contributed by atoms with Crippen molar-refractivity contribution in [1.29, 1.82) is 0 Å². The maximum Gasteiger partial charge on any atom is 0.197 e. The molecule has 0 fully saturated rings. The van der Waals surface area contributed by atoms with Crippen LogP contribution in [0, 0.1) is 12.3 Å². The molecule has 3 nitrogen and oxygen atoms in total. The van der Waals surface area contributed by atoms with E-state index >= 15 is 0 Å².